The average molecular weight is 333 g/mol. The van der Waals surface area contributed by atoms with Gasteiger partial charge in [0, 0.05) is 19.7 Å². The van der Waals surface area contributed by atoms with Crippen LogP contribution in [0.25, 0.3) is 0 Å². The highest BCUT2D eigenvalue weighted by atomic mass is 32.2. The van der Waals surface area contributed by atoms with Crippen LogP contribution in [0.1, 0.15) is 31.7 Å². The maximum absolute atomic E-state index is 13.2. The summed E-state index contributed by atoms with van der Waals surface area (Å²) in [6, 6.07) is 3.45. The fraction of sp³-hybridized carbons (Fsp3) is 0.600. The third-order valence-corrected chi connectivity index (χ3v) is 5.74. The Labute approximate surface area is 130 Å². The Balaban J connectivity index is 2.00. The Morgan fingerprint density at radius 3 is 2.68 bits per heavy atom. The van der Waals surface area contributed by atoms with Crippen LogP contribution >= 0.6 is 0 Å². The number of benzene rings is 1. The van der Waals surface area contributed by atoms with Crippen molar-refractivity contribution in [2.45, 2.75) is 38.8 Å². The second-order valence-corrected chi connectivity index (χ2v) is 7.50. The number of halogens is 2. The summed E-state index contributed by atoms with van der Waals surface area (Å²) in [5, 5.41) is 0. The molecule has 0 saturated carbocycles. The fourth-order valence-electron chi connectivity index (χ4n) is 2.53. The summed E-state index contributed by atoms with van der Waals surface area (Å²) >= 11 is 0. The minimum absolute atomic E-state index is 0.00911. The van der Waals surface area contributed by atoms with Gasteiger partial charge in [-0.3, -0.25) is 0 Å². The highest BCUT2D eigenvalue weighted by Gasteiger charge is 2.24. The first-order valence-corrected chi connectivity index (χ1v) is 9.06. The largest absolute Gasteiger partial charge is 0.378 e. The third kappa shape index (κ3) is 4.47. The van der Waals surface area contributed by atoms with Crippen molar-refractivity contribution in [3.8, 4) is 0 Å². The molecule has 1 aliphatic rings. The van der Waals surface area contributed by atoms with Gasteiger partial charge in [-0.05, 0) is 37.0 Å². The number of sulfonamides is 1. The van der Waals surface area contributed by atoms with Crippen molar-refractivity contribution in [1.29, 1.82) is 0 Å². The molecule has 2 rings (SSSR count). The zero-order valence-corrected chi connectivity index (χ0v) is 13.4. The first-order valence-electron chi connectivity index (χ1n) is 7.45. The van der Waals surface area contributed by atoms with Crippen molar-refractivity contribution in [3.63, 3.8) is 0 Å². The molecule has 1 fully saturated rings. The van der Waals surface area contributed by atoms with Gasteiger partial charge in [-0.15, -0.1) is 0 Å². The standard InChI is InChI=1S/C15H21F2NO3S/c1-2-18(11-12-5-6-14(16)15(17)10-12)22(19,20)9-7-13-4-3-8-21-13/h5-6,10,13H,2-4,7-9,11H2,1H3/t13-/m0/s1. The zero-order valence-electron chi connectivity index (χ0n) is 12.6. The van der Waals surface area contributed by atoms with Gasteiger partial charge in [-0.1, -0.05) is 13.0 Å². The molecular weight excluding hydrogens is 312 g/mol. The van der Waals surface area contributed by atoms with Crippen LogP contribution in [0, 0.1) is 11.6 Å². The molecule has 0 aliphatic carbocycles. The predicted molar refractivity (Wildman–Crippen MR) is 79.8 cm³/mol. The maximum atomic E-state index is 13.2. The van der Waals surface area contributed by atoms with Crippen molar-refractivity contribution in [2.24, 2.45) is 0 Å². The van der Waals surface area contributed by atoms with Gasteiger partial charge in [-0.2, -0.15) is 4.31 Å². The molecule has 0 aromatic heterocycles. The molecular formula is C15H21F2NO3S. The molecule has 7 heteroatoms. The van der Waals surface area contributed by atoms with E-state index in [1.807, 2.05) is 0 Å². The first kappa shape index (κ1) is 17.3. The van der Waals surface area contributed by atoms with Crippen LogP contribution in [0.15, 0.2) is 18.2 Å². The Kier molecular flexibility index (Phi) is 5.88. The van der Waals surface area contributed by atoms with E-state index in [1.54, 1.807) is 6.92 Å². The molecule has 4 nitrogen and oxygen atoms in total. The summed E-state index contributed by atoms with van der Waals surface area (Å²) in [7, 11) is -3.44. The molecule has 1 heterocycles. The van der Waals surface area contributed by atoms with E-state index in [0.717, 1.165) is 25.0 Å². The Hall–Kier alpha value is -1.05. The number of rotatable bonds is 7. The van der Waals surface area contributed by atoms with E-state index in [9.17, 15) is 17.2 Å². The summed E-state index contributed by atoms with van der Waals surface area (Å²) in [6.45, 7) is 2.75. The molecule has 1 atom stereocenters. The van der Waals surface area contributed by atoms with Gasteiger partial charge in [0.25, 0.3) is 0 Å². The number of nitrogens with zero attached hydrogens (tertiary/aromatic N) is 1. The number of ether oxygens (including phenoxy) is 1. The summed E-state index contributed by atoms with van der Waals surface area (Å²) < 4.78 is 57.6. The van der Waals surface area contributed by atoms with Gasteiger partial charge < -0.3 is 4.74 Å². The van der Waals surface area contributed by atoms with Gasteiger partial charge in [0.2, 0.25) is 10.0 Å². The lowest BCUT2D eigenvalue weighted by molar-refractivity contribution is 0.108. The van der Waals surface area contributed by atoms with Crippen LogP contribution in [-0.2, 0) is 21.3 Å². The molecule has 124 valence electrons. The quantitative estimate of drug-likeness (QED) is 0.771. The van der Waals surface area contributed by atoms with Crippen molar-refractivity contribution in [1.82, 2.24) is 4.31 Å². The van der Waals surface area contributed by atoms with Gasteiger partial charge in [0.05, 0.1) is 11.9 Å². The lowest BCUT2D eigenvalue weighted by atomic mass is 10.2. The molecule has 1 aromatic carbocycles. The van der Waals surface area contributed by atoms with E-state index >= 15 is 0 Å². The second-order valence-electron chi connectivity index (χ2n) is 5.41. The summed E-state index contributed by atoms with van der Waals surface area (Å²) in [5.74, 6) is -1.90. The fourth-order valence-corrected chi connectivity index (χ4v) is 4.09. The Morgan fingerprint density at radius 2 is 2.09 bits per heavy atom. The van der Waals surface area contributed by atoms with Gasteiger partial charge in [0.1, 0.15) is 0 Å². The smallest absolute Gasteiger partial charge is 0.214 e. The second kappa shape index (κ2) is 7.48. The Morgan fingerprint density at radius 1 is 1.32 bits per heavy atom. The van der Waals surface area contributed by atoms with E-state index < -0.39 is 21.7 Å². The van der Waals surface area contributed by atoms with E-state index in [-0.39, 0.29) is 24.9 Å². The van der Waals surface area contributed by atoms with Crippen LogP contribution in [0.2, 0.25) is 0 Å². The lowest BCUT2D eigenvalue weighted by Crippen LogP contribution is -2.33. The van der Waals surface area contributed by atoms with Crippen LogP contribution in [0.4, 0.5) is 8.78 Å². The highest BCUT2D eigenvalue weighted by Crippen LogP contribution is 2.18. The van der Waals surface area contributed by atoms with E-state index in [4.69, 9.17) is 4.74 Å². The van der Waals surface area contributed by atoms with Crippen LogP contribution in [0.3, 0.4) is 0 Å². The molecule has 1 aromatic rings. The van der Waals surface area contributed by atoms with Gasteiger partial charge in [-0.25, -0.2) is 17.2 Å². The number of hydrogen-bond acceptors (Lipinski definition) is 3. The zero-order chi connectivity index (χ0) is 16.2. The first-order chi connectivity index (χ1) is 10.4. The van der Waals surface area contributed by atoms with Crippen molar-refractivity contribution in [2.75, 3.05) is 18.9 Å². The molecule has 0 radical (unpaired) electrons. The molecule has 0 spiro atoms. The predicted octanol–water partition coefficient (Wildman–Crippen LogP) is 2.69. The Bertz CT molecular complexity index is 601. The lowest BCUT2D eigenvalue weighted by Gasteiger charge is -2.21. The number of hydrogen-bond donors (Lipinski definition) is 0. The third-order valence-electron chi connectivity index (χ3n) is 3.81. The van der Waals surface area contributed by atoms with Crippen molar-refractivity contribution in [3.05, 3.63) is 35.4 Å². The maximum Gasteiger partial charge on any atom is 0.214 e. The van der Waals surface area contributed by atoms with E-state index in [0.29, 0.717) is 18.6 Å². The molecule has 0 bridgehead atoms. The topological polar surface area (TPSA) is 46.6 Å². The minimum Gasteiger partial charge on any atom is -0.378 e. The SMILES string of the molecule is CCN(Cc1ccc(F)c(F)c1)S(=O)(=O)CC[C@@H]1CCCO1. The normalized spacial score (nSPS) is 19.0. The van der Waals surface area contributed by atoms with E-state index in [1.165, 1.54) is 10.4 Å². The van der Waals surface area contributed by atoms with E-state index in [2.05, 4.69) is 0 Å². The molecule has 1 aliphatic heterocycles. The van der Waals surface area contributed by atoms with Crippen molar-refractivity contribution < 1.29 is 21.9 Å². The van der Waals surface area contributed by atoms with Crippen LogP contribution in [0.5, 0.6) is 0 Å². The summed E-state index contributed by atoms with van der Waals surface area (Å²) in [4.78, 5) is 0. The molecule has 0 amide bonds. The molecule has 0 N–H and O–H groups in total. The average Bonchev–Trinajstić information content (AvgIpc) is 2.99. The molecule has 0 unspecified atom stereocenters. The molecule has 1 saturated heterocycles. The van der Waals surface area contributed by atoms with Crippen LogP contribution in [-0.4, -0.2) is 37.7 Å². The summed E-state index contributed by atoms with van der Waals surface area (Å²) in [6.07, 6.45) is 2.34. The highest BCUT2D eigenvalue weighted by molar-refractivity contribution is 7.89. The minimum atomic E-state index is -3.44. The van der Waals surface area contributed by atoms with Gasteiger partial charge in [0.15, 0.2) is 11.6 Å². The summed E-state index contributed by atoms with van der Waals surface area (Å²) in [5.41, 5.74) is 0.432. The van der Waals surface area contributed by atoms with Crippen molar-refractivity contribution >= 4 is 10.0 Å². The van der Waals surface area contributed by atoms with Crippen LogP contribution < -0.4 is 0 Å². The molecule has 22 heavy (non-hydrogen) atoms. The monoisotopic (exact) mass is 333 g/mol. The van der Waals surface area contributed by atoms with Gasteiger partial charge >= 0.3 is 0 Å².